The lowest BCUT2D eigenvalue weighted by Crippen LogP contribution is -2.41. The van der Waals surface area contributed by atoms with Crippen molar-refractivity contribution >= 4 is 10.0 Å². The van der Waals surface area contributed by atoms with Crippen LogP contribution in [0, 0.1) is 13.8 Å². The molecule has 120 valence electrons. The molecule has 0 saturated carbocycles. The van der Waals surface area contributed by atoms with Crippen molar-refractivity contribution in [3.05, 3.63) is 11.5 Å². The number of hydrogen-bond acceptors (Lipinski definition) is 6. The topological polar surface area (TPSA) is 98.7 Å². The molecule has 7 nitrogen and oxygen atoms in total. The highest BCUT2D eigenvalue weighted by atomic mass is 32.2. The molecule has 0 radical (unpaired) electrons. The van der Waals surface area contributed by atoms with Crippen LogP contribution in [-0.2, 0) is 14.8 Å². The van der Waals surface area contributed by atoms with Crippen LogP contribution in [0.25, 0.3) is 0 Å². The maximum atomic E-state index is 12.6. The van der Waals surface area contributed by atoms with Gasteiger partial charge >= 0.3 is 0 Å². The van der Waals surface area contributed by atoms with Crippen LogP contribution >= 0.6 is 0 Å². The van der Waals surface area contributed by atoms with Gasteiger partial charge in [-0.3, -0.25) is 0 Å². The van der Waals surface area contributed by atoms with Crippen molar-refractivity contribution in [2.45, 2.75) is 44.1 Å². The summed E-state index contributed by atoms with van der Waals surface area (Å²) in [5.74, 6) is 0.341. The average molecular weight is 317 g/mol. The molecule has 1 aromatic heterocycles. The van der Waals surface area contributed by atoms with E-state index in [0.717, 1.165) is 6.42 Å². The lowest BCUT2D eigenvalue weighted by molar-refractivity contribution is 0.0209. The second kappa shape index (κ2) is 6.87. The zero-order valence-corrected chi connectivity index (χ0v) is 13.4. The molecule has 0 aromatic carbocycles. The third kappa shape index (κ3) is 3.63. The lowest BCUT2D eigenvalue weighted by Gasteiger charge is -2.31. The summed E-state index contributed by atoms with van der Waals surface area (Å²) in [5.41, 5.74) is 5.83. The number of piperidine rings is 1. The maximum Gasteiger partial charge on any atom is 0.248 e. The molecule has 0 bridgehead atoms. The van der Waals surface area contributed by atoms with Gasteiger partial charge < -0.3 is 15.0 Å². The number of rotatable bonds is 6. The van der Waals surface area contributed by atoms with E-state index in [1.54, 1.807) is 13.8 Å². The first-order valence-electron chi connectivity index (χ1n) is 7.21. The van der Waals surface area contributed by atoms with E-state index in [1.807, 2.05) is 0 Å². The summed E-state index contributed by atoms with van der Waals surface area (Å²) in [6, 6.07) is 0. The molecule has 0 aliphatic carbocycles. The summed E-state index contributed by atoms with van der Waals surface area (Å²) in [6.07, 6.45) is 2.35. The van der Waals surface area contributed by atoms with Crippen molar-refractivity contribution in [2.24, 2.45) is 5.73 Å². The van der Waals surface area contributed by atoms with E-state index in [4.69, 9.17) is 15.0 Å². The third-order valence-corrected chi connectivity index (χ3v) is 5.81. The second-order valence-corrected chi connectivity index (χ2v) is 7.14. The van der Waals surface area contributed by atoms with Crippen molar-refractivity contribution in [3.63, 3.8) is 0 Å². The van der Waals surface area contributed by atoms with Crippen LogP contribution in [0.3, 0.4) is 0 Å². The predicted molar refractivity (Wildman–Crippen MR) is 77.4 cm³/mol. The molecule has 1 aromatic rings. The molecule has 2 N–H and O–H groups in total. The third-order valence-electron chi connectivity index (χ3n) is 3.67. The van der Waals surface area contributed by atoms with Crippen LogP contribution in [0.1, 0.15) is 30.7 Å². The Bertz CT molecular complexity index is 542. The number of hydrogen-bond donors (Lipinski definition) is 1. The van der Waals surface area contributed by atoms with Crippen LogP contribution < -0.4 is 5.73 Å². The molecule has 0 spiro atoms. The summed E-state index contributed by atoms with van der Waals surface area (Å²) in [5, 5.41) is 3.72. The predicted octanol–water partition coefficient (Wildman–Crippen LogP) is 0.810. The molecule has 0 amide bonds. The molecule has 2 heterocycles. The van der Waals surface area contributed by atoms with E-state index >= 15 is 0 Å². The van der Waals surface area contributed by atoms with Crippen molar-refractivity contribution in [1.82, 2.24) is 9.46 Å². The van der Waals surface area contributed by atoms with Crippen LogP contribution in [0.4, 0.5) is 0 Å². The van der Waals surface area contributed by atoms with Crippen LogP contribution in [0.5, 0.6) is 0 Å². The number of aromatic nitrogens is 1. The van der Waals surface area contributed by atoms with E-state index in [1.165, 1.54) is 4.31 Å². The highest BCUT2D eigenvalue weighted by Gasteiger charge is 2.33. The Hall–Kier alpha value is -0.960. The van der Waals surface area contributed by atoms with Gasteiger partial charge in [0.05, 0.1) is 6.10 Å². The molecule has 0 unspecified atom stereocenters. The Labute approximate surface area is 125 Å². The van der Waals surface area contributed by atoms with Gasteiger partial charge in [0.2, 0.25) is 10.0 Å². The Morgan fingerprint density at radius 3 is 2.57 bits per heavy atom. The second-order valence-electron chi connectivity index (χ2n) is 5.27. The quantitative estimate of drug-likeness (QED) is 0.780. The number of nitrogens with zero attached hydrogens (tertiary/aromatic N) is 2. The summed E-state index contributed by atoms with van der Waals surface area (Å²) >= 11 is 0. The van der Waals surface area contributed by atoms with Crippen molar-refractivity contribution in [3.8, 4) is 0 Å². The molecule has 8 heteroatoms. The fraction of sp³-hybridized carbons (Fsp3) is 0.769. The van der Waals surface area contributed by atoms with Gasteiger partial charge in [0.15, 0.2) is 5.76 Å². The Morgan fingerprint density at radius 1 is 1.38 bits per heavy atom. The largest absolute Gasteiger partial charge is 0.378 e. The van der Waals surface area contributed by atoms with Crippen molar-refractivity contribution in [1.29, 1.82) is 0 Å². The first kappa shape index (κ1) is 16.4. The average Bonchev–Trinajstić information content (AvgIpc) is 2.79. The fourth-order valence-corrected chi connectivity index (χ4v) is 4.31. The molecule has 1 aliphatic rings. The summed E-state index contributed by atoms with van der Waals surface area (Å²) < 4.78 is 37.4. The zero-order chi connectivity index (χ0) is 15.5. The minimum atomic E-state index is -3.53. The lowest BCUT2D eigenvalue weighted by atomic mass is 10.1. The van der Waals surface area contributed by atoms with Gasteiger partial charge in [-0.05, 0) is 39.7 Å². The smallest absolute Gasteiger partial charge is 0.248 e. The van der Waals surface area contributed by atoms with E-state index in [-0.39, 0.29) is 11.0 Å². The Morgan fingerprint density at radius 2 is 2.05 bits per heavy atom. The van der Waals surface area contributed by atoms with Crippen LogP contribution in [0.2, 0.25) is 0 Å². The first-order chi connectivity index (χ1) is 9.96. The highest BCUT2D eigenvalue weighted by Crippen LogP contribution is 2.26. The SMILES string of the molecule is Cc1noc(C)c1S(=O)(=O)N1CCC(OCCCN)CC1. The van der Waals surface area contributed by atoms with Gasteiger partial charge in [0.1, 0.15) is 10.6 Å². The fourth-order valence-electron chi connectivity index (χ4n) is 2.54. The van der Waals surface area contributed by atoms with Crippen LogP contribution in [0.15, 0.2) is 9.42 Å². The van der Waals surface area contributed by atoms with Gasteiger partial charge in [-0.25, -0.2) is 8.42 Å². The van der Waals surface area contributed by atoms with Gasteiger partial charge in [-0.2, -0.15) is 4.31 Å². The van der Waals surface area contributed by atoms with Gasteiger partial charge in [0, 0.05) is 19.7 Å². The molecule has 0 atom stereocenters. The van der Waals surface area contributed by atoms with E-state index < -0.39 is 10.0 Å². The number of aryl methyl sites for hydroxylation is 2. The molecular formula is C13H23N3O4S. The Balaban J connectivity index is 1.98. The van der Waals surface area contributed by atoms with Gasteiger partial charge in [-0.1, -0.05) is 5.16 Å². The molecule has 1 saturated heterocycles. The standard InChI is InChI=1S/C13H23N3O4S/c1-10-13(11(2)20-15-10)21(17,18)16-7-4-12(5-8-16)19-9-3-6-14/h12H,3-9,14H2,1-2H3. The number of sulfonamides is 1. The molecule has 1 aliphatic heterocycles. The first-order valence-corrected chi connectivity index (χ1v) is 8.65. The van der Waals surface area contributed by atoms with Crippen molar-refractivity contribution < 1.29 is 17.7 Å². The maximum absolute atomic E-state index is 12.6. The van der Waals surface area contributed by atoms with Crippen LogP contribution in [-0.4, -0.2) is 50.2 Å². The van der Waals surface area contributed by atoms with E-state index in [9.17, 15) is 8.42 Å². The summed E-state index contributed by atoms with van der Waals surface area (Å²) in [7, 11) is -3.53. The molecule has 2 rings (SSSR count). The molecule has 21 heavy (non-hydrogen) atoms. The minimum absolute atomic E-state index is 0.118. The molecule has 1 fully saturated rings. The zero-order valence-electron chi connectivity index (χ0n) is 12.5. The van der Waals surface area contributed by atoms with Gasteiger partial charge in [-0.15, -0.1) is 0 Å². The number of ether oxygens (including phenoxy) is 1. The highest BCUT2D eigenvalue weighted by molar-refractivity contribution is 7.89. The Kier molecular flexibility index (Phi) is 5.37. The summed E-state index contributed by atoms with van der Waals surface area (Å²) in [4.78, 5) is 0.199. The normalized spacial score (nSPS) is 18.2. The van der Waals surface area contributed by atoms with Crippen molar-refractivity contribution in [2.75, 3.05) is 26.2 Å². The summed E-state index contributed by atoms with van der Waals surface area (Å²) in [6.45, 7) is 5.43. The van der Waals surface area contributed by atoms with E-state index in [0.29, 0.717) is 50.5 Å². The molecular weight excluding hydrogens is 294 g/mol. The monoisotopic (exact) mass is 317 g/mol. The van der Waals surface area contributed by atoms with E-state index in [2.05, 4.69) is 5.16 Å². The van der Waals surface area contributed by atoms with Gasteiger partial charge in [0.25, 0.3) is 0 Å². The minimum Gasteiger partial charge on any atom is -0.378 e. The number of nitrogens with two attached hydrogens (primary N) is 1.